The first-order chi connectivity index (χ1) is 31.3. The van der Waals surface area contributed by atoms with Crippen LogP contribution in [0, 0.1) is 0 Å². The van der Waals surface area contributed by atoms with Gasteiger partial charge in [-0.25, -0.2) is 9.97 Å². The fourth-order valence-corrected chi connectivity index (χ4v) is 15.0. The van der Waals surface area contributed by atoms with Crippen molar-refractivity contribution >= 4 is 112 Å². The van der Waals surface area contributed by atoms with E-state index in [-0.39, 0.29) is 45.1 Å². The molecule has 6 aliphatic rings. The SMILES string of the molecule is O=C1C(=Cc2nc3c(s2)C2=C(c4sc(C=C5C(=O)c6cc7cc8ccccc8cc7cc6C5=O)nc4C24CCCCC4)C32CCCCC2)C(=O)c2cc3cc4ccccc4cc3cc21. The minimum Gasteiger partial charge on any atom is -0.288 e. The van der Waals surface area contributed by atoms with Crippen LogP contribution < -0.4 is 0 Å². The maximum atomic E-state index is 14.1. The minimum absolute atomic E-state index is 0.186. The number of thiazole rings is 2. The van der Waals surface area contributed by atoms with Gasteiger partial charge in [0.25, 0.3) is 0 Å². The molecule has 308 valence electrons. The van der Waals surface area contributed by atoms with Gasteiger partial charge in [0.05, 0.1) is 32.3 Å². The van der Waals surface area contributed by atoms with E-state index < -0.39 is 0 Å². The summed E-state index contributed by atoms with van der Waals surface area (Å²) in [6.07, 6.45) is 14.1. The number of fused-ring (bicyclic) bond motifs is 14. The molecule has 2 saturated carbocycles. The molecule has 8 heteroatoms. The van der Waals surface area contributed by atoms with E-state index in [9.17, 15) is 19.2 Å². The van der Waals surface area contributed by atoms with Crippen LogP contribution in [0.1, 0.15) is 137 Å². The van der Waals surface area contributed by atoms with E-state index in [0.717, 1.165) is 106 Å². The molecule has 0 saturated heterocycles. The van der Waals surface area contributed by atoms with E-state index in [1.807, 2.05) is 48.5 Å². The van der Waals surface area contributed by atoms with Crippen molar-refractivity contribution in [3.63, 3.8) is 0 Å². The first-order valence-electron chi connectivity index (χ1n) is 22.6. The molecule has 8 aromatic rings. The van der Waals surface area contributed by atoms with Crippen LogP contribution >= 0.6 is 22.7 Å². The number of aromatic nitrogens is 2. The molecule has 64 heavy (non-hydrogen) atoms. The summed E-state index contributed by atoms with van der Waals surface area (Å²) in [6, 6.07) is 32.2. The van der Waals surface area contributed by atoms with Crippen molar-refractivity contribution in [2.24, 2.45) is 0 Å². The summed E-state index contributed by atoms with van der Waals surface area (Å²) < 4.78 is 0. The Bertz CT molecular complexity index is 3270. The summed E-state index contributed by atoms with van der Waals surface area (Å²) in [5.74, 6) is -0.946. The van der Waals surface area contributed by atoms with E-state index in [4.69, 9.17) is 9.97 Å². The van der Waals surface area contributed by atoms with Crippen LogP contribution in [0.15, 0.2) is 108 Å². The quantitative estimate of drug-likeness (QED) is 0.0976. The maximum absolute atomic E-state index is 14.1. The highest BCUT2D eigenvalue weighted by Crippen LogP contribution is 2.70. The number of carbonyl (C=O) groups is 4. The first kappa shape index (κ1) is 36.9. The number of nitrogens with zero attached hydrogens (tertiary/aromatic N) is 2. The van der Waals surface area contributed by atoms with Gasteiger partial charge in [-0.3, -0.25) is 19.2 Å². The van der Waals surface area contributed by atoms with Crippen molar-refractivity contribution in [2.75, 3.05) is 0 Å². The number of Topliss-reactive ketones (excluding diaryl/α,β-unsaturated/α-hetero) is 4. The summed E-state index contributed by atoms with van der Waals surface area (Å²) in [4.78, 5) is 69.7. The van der Waals surface area contributed by atoms with Crippen molar-refractivity contribution in [2.45, 2.75) is 75.0 Å². The van der Waals surface area contributed by atoms with Gasteiger partial charge < -0.3 is 0 Å². The van der Waals surface area contributed by atoms with Crippen LogP contribution in [0.2, 0.25) is 0 Å². The minimum atomic E-state index is -0.298. The summed E-state index contributed by atoms with van der Waals surface area (Å²) >= 11 is 3.27. The lowest BCUT2D eigenvalue weighted by Crippen LogP contribution is -2.29. The number of hydrogen-bond donors (Lipinski definition) is 0. The molecule has 6 nitrogen and oxygen atoms in total. The van der Waals surface area contributed by atoms with Gasteiger partial charge in [0.15, 0.2) is 23.1 Å². The fraction of sp³-hybridized carbons (Fsp3) is 0.214. The van der Waals surface area contributed by atoms with Crippen LogP contribution in [0.4, 0.5) is 0 Å². The van der Waals surface area contributed by atoms with Gasteiger partial charge in [-0.15, -0.1) is 22.7 Å². The van der Waals surface area contributed by atoms with E-state index in [1.165, 1.54) is 33.7 Å². The van der Waals surface area contributed by atoms with Crippen LogP contribution in [-0.4, -0.2) is 33.1 Å². The van der Waals surface area contributed by atoms with Crippen molar-refractivity contribution in [1.29, 1.82) is 0 Å². The lowest BCUT2D eigenvalue weighted by atomic mass is 9.68. The molecule has 0 amide bonds. The third-order valence-corrected chi connectivity index (χ3v) is 17.5. The predicted octanol–water partition coefficient (Wildman–Crippen LogP) is 13.5. The highest BCUT2D eigenvalue weighted by Gasteiger charge is 2.60. The Morgan fingerprint density at radius 3 is 1.03 bits per heavy atom. The molecular weight excluding hydrogens is 829 g/mol. The molecule has 0 bridgehead atoms. The molecule has 6 aliphatic carbocycles. The van der Waals surface area contributed by atoms with Gasteiger partial charge in [0, 0.05) is 33.1 Å². The Kier molecular flexibility index (Phi) is 7.54. The van der Waals surface area contributed by atoms with E-state index in [2.05, 4.69) is 48.5 Å². The van der Waals surface area contributed by atoms with Crippen molar-refractivity contribution in [1.82, 2.24) is 9.97 Å². The Morgan fingerprint density at radius 2 is 0.719 bits per heavy atom. The largest absolute Gasteiger partial charge is 0.288 e. The molecule has 2 fully saturated rings. The van der Waals surface area contributed by atoms with Crippen LogP contribution in [-0.2, 0) is 10.8 Å². The molecule has 2 heterocycles. The average Bonchev–Trinajstić information content (AvgIpc) is 4.13. The zero-order valence-corrected chi connectivity index (χ0v) is 36.4. The number of ketones is 4. The number of hydrogen-bond acceptors (Lipinski definition) is 8. The molecule has 0 unspecified atom stereocenters. The van der Waals surface area contributed by atoms with Crippen LogP contribution in [0.25, 0.3) is 66.4 Å². The number of rotatable bonds is 2. The smallest absolute Gasteiger partial charge is 0.197 e. The van der Waals surface area contributed by atoms with Crippen molar-refractivity contribution in [3.8, 4) is 0 Å². The van der Waals surface area contributed by atoms with E-state index >= 15 is 0 Å². The highest BCUT2D eigenvalue weighted by atomic mass is 32.1. The zero-order valence-electron chi connectivity index (χ0n) is 34.8. The molecule has 0 radical (unpaired) electrons. The number of benzene rings is 6. The standard InChI is InChI=1S/C56H38N2O4S2/c59-47-37-23-33-19-29-11-3-4-12-30(29)20-34(33)24-38(37)48(60)41(47)27-43-57-53-52(64-43)46-45(55(53)15-7-1-8-16-55)51-54(56(46)17-9-2-10-18-56)58-44(63-51)28-42-49(61)39-25-35-21-31-13-5-6-14-32(31)22-36(35)26-40(39)50(42)62/h3-6,11-14,19-28H,1-2,7-10,15-18H2. The normalized spacial score (nSPS) is 19.2. The molecule has 0 N–H and O–H groups in total. The van der Waals surface area contributed by atoms with Gasteiger partial charge in [0.1, 0.15) is 10.0 Å². The number of carbonyl (C=O) groups excluding carboxylic acids is 4. The van der Waals surface area contributed by atoms with Gasteiger partial charge >= 0.3 is 0 Å². The Morgan fingerprint density at radius 1 is 0.406 bits per heavy atom. The molecule has 0 atom stereocenters. The predicted molar refractivity (Wildman–Crippen MR) is 257 cm³/mol. The summed E-state index contributed by atoms with van der Waals surface area (Å²) in [7, 11) is 0. The fourth-order valence-electron chi connectivity index (χ4n) is 12.5. The maximum Gasteiger partial charge on any atom is 0.197 e. The zero-order chi connectivity index (χ0) is 42.6. The van der Waals surface area contributed by atoms with Crippen LogP contribution in [0.3, 0.4) is 0 Å². The Balaban J connectivity index is 0.871. The average molecular weight is 867 g/mol. The molecular formula is C56H38N2O4S2. The Labute approximate surface area is 376 Å². The van der Waals surface area contributed by atoms with E-state index in [1.54, 1.807) is 34.8 Å². The molecule has 2 aromatic heterocycles. The Hall–Kier alpha value is -6.48. The third kappa shape index (κ3) is 4.90. The van der Waals surface area contributed by atoms with E-state index in [0.29, 0.717) is 32.3 Å². The molecule has 6 aromatic carbocycles. The summed E-state index contributed by atoms with van der Waals surface area (Å²) in [5.41, 5.74) is 6.55. The second-order valence-corrected chi connectivity index (χ2v) is 20.9. The molecule has 0 aliphatic heterocycles. The van der Waals surface area contributed by atoms with Gasteiger partial charge in [-0.05, 0) is 141 Å². The second kappa shape index (κ2) is 13.1. The van der Waals surface area contributed by atoms with Gasteiger partial charge in [0.2, 0.25) is 0 Å². The molecule has 2 spiro atoms. The first-order valence-corrected chi connectivity index (χ1v) is 24.3. The monoisotopic (exact) mass is 866 g/mol. The van der Waals surface area contributed by atoms with Crippen molar-refractivity contribution in [3.05, 3.63) is 162 Å². The van der Waals surface area contributed by atoms with Gasteiger partial charge in [-0.1, -0.05) is 87.1 Å². The lowest BCUT2D eigenvalue weighted by molar-refractivity contribution is 0.0975. The third-order valence-electron chi connectivity index (χ3n) is 15.4. The number of allylic oxidation sites excluding steroid dienone is 4. The topological polar surface area (TPSA) is 94.1 Å². The highest BCUT2D eigenvalue weighted by molar-refractivity contribution is 7.15. The summed E-state index contributed by atoms with van der Waals surface area (Å²) in [5, 5.41) is 9.58. The summed E-state index contributed by atoms with van der Waals surface area (Å²) in [6.45, 7) is 0. The van der Waals surface area contributed by atoms with Gasteiger partial charge in [-0.2, -0.15) is 0 Å². The lowest BCUT2D eigenvalue weighted by Gasteiger charge is -2.35. The van der Waals surface area contributed by atoms with Crippen LogP contribution in [0.5, 0.6) is 0 Å². The molecule has 14 rings (SSSR count). The second-order valence-electron chi connectivity index (χ2n) is 18.8. The van der Waals surface area contributed by atoms with Crippen molar-refractivity contribution < 1.29 is 19.2 Å².